The molecule has 100 valence electrons. The van der Waals surface area contributed by atoms with Gasteiger partial charge < -0.3 is 5.11 Å². The predicted molar refractivity (Wildman–Crippen MR) is 72.7 cm³/mol. The first kappa shape index (κ1) is 13.4. The zero-order chi connectivity index (χ0) is 14.4. The van der Waals surface area contributed by atoms with Gasteiger partial charge in [-0.1, -0.05) is 24.3 Å². The van der Waals surface area contributed by atoms with E-state index in [0.717, 1.165) is 0 Å². The number of hydrogen-bond acceptors (Lipinski definition) is 4. The number of hydrogen-bond donors (Lipinski definition) is 2. The topological polar surface area (TPSA) is 91.7 Å². The fourth-order valence-electron chi connectivity index (χ4n) is 1.52. The maximum Gasteiger partial charge on any atom is 0.336 e. The Morgan fingerprint density at radius 1 is 1.15 bits per heavy atom. The van der Waals surface area contributed by atoms with Crippen molar-refractivity contribution in [1.29, 1.82) is 0 Å². The summed E-state index contributed by atoms with van der Waals surface area (Å²) in [6.45, 7) is 0. The molecule has 20 heavy (non-hydrogen) atoms. The van der Waals surface area contributed by atoms with Gasteiger partial charge in [-0.2, -0.15) is 5.10 Å². The largest absolute Gasteiger partial charge is 0.478 e. The summed E-state index contributed by atoms with van der Waals surface area (Å²) < 4.78 is 0. The van der Waals surface area contributed by atoms with Gasteiger partial charge in [-0.3, -0.25) is 9.78 Å². The number of carbonyl (C=O) groups is 2. The van der Waals surface area contributed by atoms with Crippen molar-refractivity contribution in [2.24, 2.45) is 5.10 Å². The average molecular weight is 269 g/mol. The van der Waals surface area contributed by atoms with Crippen LogP contribution in [-0.2, 0) is 0 Å². The second kappa shape index (κ2) is 6.24. The van der Waals surface area contributed by atoms with E-state index in [2.05, 4.69) is 15.5 Å². The lowest BCUT2D eigenvalue weighted by molar-refractivity contribution is 0.0696. The van der Waals surface area contributed by atoms with Crippen molar-refractivity contribution in [2.45, 2.75) is 0 Å². The van der Waals surface area contributed by atoms with Gasteiger partial charge in [0, 0.05) is 11.8 Å². The molecule has 1 aromatic heterocycles. The molecule has 0 fully saturated rings. The van der Waals surface area contributed by atoms with E-state index in [4.69, 9.17) is 5.11 Å². The number of carboxylic acids is 1. The van der Waals surface area contributed by atoms with Crippen LogP contribution in [0.15, 0.2) is 53.8 Å². The van der Waals surface area contributed by atoms with Crippen LogP contribution in [0.4, 0.5) is 0 Å². The van der Waals surface area contributed by atoms with E-state index in [-0.39, 0.29) is 11.3 Å². The molecule has 0 aliphatic rings. The van der Waals surface area contributed by atoms with Crippen LogP contribution in [0.2, 0.25) is 0 Å². The summed E-state index contributed by atoms with van der Waals surface area (Å²) >= 11 is 0. The smallest absolute Gasteiger partial charge is 0.336 e. The number of benzene rings is 1. The second-order valence-electron chi connectivity index (χ2n) is 3.81. The van der Waals surface area contributed by atoms with Crippen LogP contribution in [0.1, 0.15) is 26.4 Å². The van der Waals surface area contributed by atoms with Gasteiger partial charge >= 0.3 is 5.97 Å². The average Bonchev–Trinajstić information content (AvgIpc) is 2.48. The van der Waals surface area contributed by atoms with Crippen LogP contribution >= 0.6 is 0 Å². The van der Waals surface area contributed by atoms with Gasteiger partial charge in [-0.25, -0.2) is 10.2 Å². The molecule has 1 aromatic carbocycles. The van der Waals surface area contributed by atoms with Crippen molar-refractivity contribution in [3.63, 3.8) is 0 Å². The van der Waals surface area contributed by atoms with Crippen molar-refractivity contribution in [3.05, 3.63) is 65.5 Å². The quantitative estimate of drug-likeness (QED) is 0.650. The van der Waals surface area contributed by atoms with Crippen molar-refractivity contribution < 1.29 is 14.7 Å². The van der Waals surface area contributed by atoms with E-state index < -0.39 is 11.9 Å². The van der Waals surface area contributed by atoms with Gasteiger partial charge in [0.2, 0.25) is 0 Å². The van der Waals surface area contributed by atoms with Crippen molar-refractivity contribution in [2.75, 3.05) is 0 Å². The number of amides is 1. The minimum Gasteiger partial charge on any atom is -0.478 e. The first-order valence-electron chi connectivity index (χ1n) is 5.75. The molecule has 6 nitrogen and oxygen atoms in total. The molecule has 0 bridgehead atoms. The molecule has 6 heteroatoms. The SMILES string of the molecule is O=C(N/N=C\c1ccccc1C(=O)O)c1ccccn1. The van der Waals surface area contributed by atoms with E-state index in [1.807, 2.05) is 0 Å². The van der Waals surface area contributed by atoms with Crippen LogP contribution in [-0.4, -0.2) is 28.2 Å². The van der Waals surface area contributed by atoms with Gasteiger partial charge in [0.1, 0.15) is 5.69 Å². The van der Waals surface area contributed by atoms with Crippen molar-refractivity contribution >= 4 is 18.1 Å². The normalized spacial score (nSPS) is 10.4. The van der Waals surface area contributed by atoms with Crippen LogP contribution in [0.25, 0.3) is 0 Å². The molecular weight excluding hydrogens is 258 g/mol. The molecule has 0 aliphatic carbocycles. The molecule has 0 spiro atoms. The van der Waals surface area contributed by atoms with Gasteiger partial charge in [0.05, 0.1) is 11.8 Å². The number of nitrogens with one attached hydrogen (secondary N) is 1. The molecular formula is C14H11N3O3. The molecule has 2 N–H and O–H groups in total. The Labute approximate surface area is 114 Å². The molecule has 0 radical (unpaired) electrons. The Morgan fingerprint density at radius 3 is 2.60 bits per heavy atom. The standard InChI is InChI=1S/C14H11N3O3/c18-13(12-7-3-4-8-15-12)17-16-9-10-5-1-2-6-11(10)14(19)20/h1-9H,(H,17,18)(H,19,20)/b16-9-. The zero-order valence-corrected chi connectivity index (χ0v) is 10.4. The molecule has 0 atom stereocenters. The summed E-state index contributed by atoms with van der Waals surface area (Å²) in [5.74, 6) is -1.52. The number of nitrogens with zero attached hydrogens (tertiary/aromatic N) is 2. The van der Waals surface area contributed by atoms with E-state index in [1.54, 1.807) is 36.4 Å². The summed E-state index contributed by atoms with van der Waals surface area (Å²) in [6, 6.07) is 11.3. The molecule has 2 aromatic rings. The number of aromatic nitrogens is 1. The first-order valence-corrected chi connectivity index (χ1v) is 5.75. The van der Waals surface area contributed by atoms with Gasteiger partial charge in [-0.05, 0) is 18.2 Å². The third kappa shape index (κ3) is 3.26. The molecule has 2 rings (SSSR count). The zero-order valence-electron chi connectivity index (χ0n) is 10.4. The highest BCUT2D eigenvalue weighted by molar-refractivity contribution is 5.99. The Hall–Kier alpha value is -3.02. The molecule has 0 saturated carbocycles. The molecule has 0 aliphatic heterocycles. The number of carboxylic acid groups (broad SMARTS) is 1. The summed E-state index contributed by atoms with van der Waals surface area (Å²) in [6.07, 6.45) is 2.78. The van der Waals surface area contributed by atoms with E-state index in [9.17, 15) is 9.59 Å². The lowest BCUT2D eigenvalue weighted by atomic mass is 10.1. The summed E-state index contributed by atoms with van der Waals surface area (Å²) in [5, 5.41) is 12.7. The Kier molecular flexibility index (Phi) is 4.18. The van der Waals surface area contributed by atoms with Crippen molar-refractivity contribution in [1.82, 2.24) is 10.4 Å². The lowest BCUT2D eigenvalue weighted by Crippen LogP contribution is -2.18. The van der Waals surface area contributed by atoms with Gasteiger partial charge in [-0.15, -0.1) is 0 Å². The number of rotatable bonds is 4. The second-order valence-corrected chi connectivity index (χ2v) is 3.81. The van der Waals surface area contributed by atoms with E-state index >= 15 is 0 Å². The fourth-order valence-corrected chi connectivity index (χ4v) is 1.52. The maximum atomic E-state index is 11.7. The maximum absolute atomic E-state index is 11.7. The van der Waals surface area contributed by atoms with Crippen molar-refractivity contribution in [3.8, 4) is 0 Å². The Bertz CT molecular complexity index is 654. The Morgan fingerprint density at radius 2 is 1.90 bits per heavy atom. The molecule has 0 saturated heterocycles. The lowest BCUT2D eigenvalue weighted by Gasteiger charge is -2.00. The number of hydrazone groups is 1. The van der Waals surface area contributed by atoms with E-state index in [1.165, 1.54) is 18.5 Å². The van der Waals surface area contributed by atoms with Crippen LogP contribution < -0.4 is 5.43 Å². The molecule has 1 heterocycles. The number of pyridine rings is 1. The highest BCUT2D eigenvalue weighted by Crippen LogP contribution is 2.05. The number of aromatic carboxylic acids is 1. The fraction of sp³-hybridized carbons (Fsp3) is 0. The first-order chi connectivity index (χ1) is 9.68. The molecule has 1 amide bonds. The summed E-state index contributed by atoms with van der Waals surface area (Å²) in [7, 11) is 0. The number of carbonyl (C=O) groups excluding carboxylic acids is 1. The minimum atomic E-state index is -1.05. The minimum absolute atomic E-state index is 0.114. The third-order valence-corrected chi connectivity index (χ3v) is 2.46. The highest BCUT2D eigenvalue weighted by Gasteiger charge is 2.07. The van der Waals surface area contributed by atoms with Gasteiger partial charge in [0.25, 0.3) is 5.91 Å². The monoisotopic (exact) mass is 269 g/mol. The van der Waals surface area contributed by atoms with Gasteiger partial charge in [0.15, 0.2) is 0 Å². The van der Waals surface area contributed by atoms with E-state index in [0.29, 0.717) is 5.56 Å². The predicted octanol–water partition coefficient (Wildman–Crippen LogP) is 1.54. The summed E-state index contributed by atoms with van der Waals surface area (Å²) in [4.78, 5) is 26.5. The summed E-state index contributed by atoms with van der Waals surface area (Å²) in [5.41, 5.74) is 3.04. The highest BCUT2D eigenvalue weighted by atomic mass is 16.4. The third-order valence-electron chi connectivity index (χ3n) is 2.46. The van der Waals surface area contributed by atoms with Crippen LogP contribution in [0.3, 0.4) is 0 Å². The van der Waals surface area contributed by atoms with Crippen LogP contribution in [0, 0.1) is 0 Å². The van der Waals surface area contributed by atoms with Crippen LogP contribution in [0.5, 0.6) is 0 Å². The molecule has 0 unspecified atom stereocenters. The Balaban J connectivity index is 2.08.